The lowest BCUT2D eigenvalue weighted by molar-refractivity contribution is 0.322. The molecule has 0 aromatic carbocycles. The largest absolute Gasteiger partial charge is 0.486 e. The number of anilines is 2. The Labute approximate surface area is 139 Å². The summed E-state index contributed by atoms with van der Waals surface area (Å²) in [5.74, 6) is 1.52. The fourth-order valence-corrected chi connectivity index (χ4v) is 2.81. The number of nitrogens with zero attached hydrogens (tertiary/aromatic N) is 3. The number of ether oxygens (including phenoxy) is 1. The van der Waals surface area contributed by atoms with Crippen molar-refractivity contribution in [2.24, 2.45) is 0 Å². The van der Waals surface area contributed by atoms with E-state index in [0.29, 0.717) is 11.8 Å². The molecule has 4 rings (SSSR count). The Balaban J connectivity index is 1.85. The van der Waals surface area contributed by atoms with E-state index in [4.69, 9.17) is 16.3 Å². The zero-order valence-electron chi connectivity index (χ0n) is 12.4. The third-order valence-electron chi connectivity index (χ3n) is 3.70. The first-order valence-electron chi connectivity index (χ1n) is 7.46. The van der Waals surface area contributed by atoms with E-state index in [-0.39, 0.29) is 0 Å². The Bertz CT molecular complexity index is 803. The van der Waals surface area contributed by atoms with Crippen molar-refractivity contribution in [2.75, 3.05) is 29.9 Å². The molecule has 2 aromatic heterocycles. The predicted octanol–water partition coefficient (Wildman–Crippen LogP) is 3.49. The van der Waals surface area contributed by atoms with Crippen molar-refractivity contribution < 1.29 is 4.74 Å². The van der Waals surface area contributed by atoms with Gasteiger partial charge in [-0.1, -0.05) is 29.8 Å². The number of rotatable bonds is 2. The Kier molecular flexibility index (Phi) is 3.63. The second-order valence-electron chi connectivity index (χ2n) is 5.25. The molecule has 1 N–H and O–H groups in total. The monoisotopic (exact) mass is 326 g/mol. The Morgan fingerprint density at radius 1 is 1.17 bits per heavy atom. The van der Waals surface area contributed by atoms with Crippen molar-refractivity contribution in [3.63, 3.8) is 0 Å². The number of fused-ring (bicyclic) bond motifs is 1. The van der Waals surface area contributed by atoms with Crippen LogP contribution in [-0.2, 0) is 0 Å². The minimum Gasteiger partial charge on any atom is -0.486 e. The molecule has 23 heavy (non-hydrogen) atoms. The molecule has 2 aromatic rings. The summed E-state index contributed by atoms with van der Waals surface area (Å²) < 4.78 is 5.85. The summed E-state index contributed by atoms with van der Waals surface area (Å²) in [6, 6.07) is 7.52. The van der Waals surface area contributed by atoms with E-state index >= 15 is 0 Å². The summed E-state index contributed by atoms with van der Waals surface area (Å²) in [5.41, 5.74) is 2.48. The number of hydrogen-bond donors (Lipinski definition) is 1. The molecule has 5 nitrogen and oxygen atoms in total. The molecular weight excluding hydrogens is 312 g/mol. The lowest BCUT2D eigenvalue weighted by Crippen LogP contribution is -2.24. The topological polar surface area (TPSA) is 50.3 Å². The van der Waals surface area contributed by atoms with Gasteiger partial charge in [-0.25, -0.2) is 9.97 Å². The van der Waals surface area contributed by atoms with E-state index in [9.17, 15) is 0 Å². The van der Waals surface area contributed by atoms with Crippen LogP contribution in [0.25, 0.3) is 11.4 Å². The van der Waals surface area contributed by atoms with Gasteiger partial charge in [0.1, 0.15) is 11.8 Å². The van der Waals surface area contributed by atoms with E-state index < -0.39 is 0 Å². The fourth-order valence-electron chi connectivity index (χ4n) is 2.65. The van der Waals surface area contributed by atoms with Gasteiger partial charge in [0.25, 0.3) is 0 Å². The molecule has 0 fully saturated rings. The standard InChI is InChI=1S/C17H15ClN4O/c18-15-6-4-5-12(20-15)13-11-14(22-8-2-1-3-9-22)16-17(21-13)19-7-10-23-16/h1-6,8,11H,7,9-10H2,(H,19,21). The van der Waals surface area contributed by atoms with E-state index in [1.807, 2.05) is 36.6 Å². The van der Waals surface area contributed by atoms with Gasteiger partial charge in [0, 0.05) is 12.7 Å². The van der Waals surface area contributed by atoms with E-state index in [2.05, 4.69) is 26.3 Å². The van der Waals surface area contributed by atoms with Crippen molar-refractivity contribution >= 4 is 23.1 Å². The predicted molar refractivity (Wildman–Crippen MR) is 92.1 cm³/mol. The second kappa shape index (κ2) is 5.93. The molecule has 0 saturated heterocycles. The van der Waals surface area contributed by atoms with Crippen molar-refractivity contribution in [3.05, 3.63) is 53.8 Å². The maximum Gasteiger partial charge on any atom is 0.185 e. The van der Waals surface area contributed by atoms with Crippen LogP contribution in [0.1, 0.15) is 0 Å². The van der Waals surface area contributed by atoms with Crippen LogP contribution in [-0.4, -0.2) is 29.7 Å². The molecule has 116 valence electrons. The van der Waals surface area contributed by atoms with Crippen molar-refractivity contribution in [1.82, 2.24) is 9.97 Å². The van der Waals surface area contributed by atoms with Crippen LogP contribution in [0.5, 0.6) is 5.75 Å². The highest BCUT2D eigenvalue weighted by atomic mass is 35.5. The van der Waals surface area contributed by atoms with Crippen LogP contribution in [0.2, 0.25) is 5.15 Å². The smallest absolute Gasteiger partial charge is 0.185 e. The molecule has 0 radical (unpaired) electrons. The van der Waals surface area contributed by atoms with Crippen molar-refractivity contribution in [1.29, 1.82) is 0 Å². The minimum absolute atomic E-state index is 0.452. The number of allylic oxidation sites excluding steroid dienone is 2. The molecule has 0 amide bonds. The molecule has 0 aliphatic carbocycles. The summed E-state index contributed by atoms with van der Waals surface area (Å²) >= 11 is 6.02. The number of nitrogens with one attached hydrogen (secondary N) is 1. The molecule has 2 aliphatic rings. The molecule has 2 aliphatic heterocycles. The van der Waals surface area contributed by atoms with Crippen LogP contribution < -0.4 is 15.0 Å². The lowest BCUT2D eigenvalue weighted by Gasteiger charge is -2.28. The molecule has 0 bridgehead atoms. The van der Waals surface area contributed by atoms with Gasteiger partial charge in [0.2, 0.25) is 0 Å². The van der Waals surface area contributed by atoms with Gasteiger partial charge in [-0.05, 0) is 24.3 Å². The van der Waals surface area contributed by atoms with Gasteiger partial charge in [-0.2, -0.15) is 0 Å². The number of hydrogen-bond acceptors (Lipinski definition) is 5. The first kappa shape index (κ1) is 14.1. The van der Waals surface area contributed by atoms with Gasteiger partial charge in [-0.15, -0.1) is 0 Å². The average molecular weight is 327 g/mol. The van der Waals surface area contributed by atoms with Crippen molar-refractivity contribution in [2.45, 2.75) is 0 Å². The fraction of sp³-hybridized carbons (Fsp3) is 0.176. The second-order valence-corrected chi connectivity index (χ2v) is 5.63. The Morgan fingerprint density at radius 2 is 2.13 bits per heavy atom. The highest BCUT2D eigenvalue weighted by Gasteiger charge is 2.22. The molecule has 0 saturated carbocycles. The SMILES string of the molecule is Clc1cccc(-c2cc(N3C=CC=CC3)c3c(n2)NCCO3)n1. The van der Waals surface area contributed by atoms with E-state index in [1.54, 1.807) is 6.07 Å². The number of pyridine rings is 2. The highest BCUT2D eigenvalue weighted by Crippen LogP contribution is 2.39. The molecule has 0 unspecified atom stereocenters. The molecule has 0 spiro atoms. The summed E-state index contributed by atoms with van der Waals surface area (Å²) in [6.45, 7) is 2.16. The third-order valence-corrected chi connectivity index (χ3v) is 3.91. The number of halogens is 1. The van der Waals surface area contributed by atoms with Gasteiger partial charge in [-0.3, -0.25) is 0 Å². The van der Waals surface area contributed by atoms with Crippen LogP contribution in [0, 0.1) is 0 Å². The normalized spacial score (nSPS) is 15.8. The number of aromatic nitrogens is 2. The van der Waals surface area contributed by atoms with Gasteiger partial charge in [0.05, 0.1) is 23.6 Å². The minimum atomic E-state index is 0.452. The third kappa shape index (κ3) is 2.75. The summed E-state index contributed by atoms with van der Waals surface area (Å²) in [5, 5.41) is 3.75. The molecule has 6 heteroatoms. The molecule has 4 heterocycles. The van der Waals surface area contributed by atoms with Crippen LogP contribution >= 0.6 is 11.6 Å². The maximum atomic E-state index is 6.02. The summed E-state index contributed by atoms with van der Waals surface area (Å²) in [4.78, 5) is 11.1. The Morgan fingerprint density at radius 3 is 2.96 bits per heavy atom. The van der Waals surface area contributed by atoms with Crippen LogP contribution in [0.4, 0.5) is 11.5 Å². The molecular formula is C17H15ClN4O. The zero-order chi connectivity index (χ0) is 15.6. The van der Waals surface area contributed by atoms with Gasteiger partial charge >= 0.3 is 0 Å². The highest BCUT2D eigenvalue weighted by molar-refractivity contribution is 6.29. The first-order chi connectivity index (χ1) is 11.3. The Hall–Kier alpha value is -2.53. The maximum absolute atomic E-state index is 6.02. The quantitative estimate of drug-likeness (QED) is 0.856. The summed E-state index contributed by atoms with van der Waals surface area (Å²) in [7, 11) is 0. The zero-order valence-corrected chi connectivity index (χ0v) is 13.1. The van der Waals surface area contributed by atoms with Gasteiger partial charge in [0.15, 0.2) is 11.6 Å². The first-order valence-corrected chi connectivity index (χ1v) is 7.84. The summed E-state index contributed by atoms with van der Waals surface area (Å²) in [6.07, 6.45) is 8.16. The molecule has 0 atom stereocenters. The van der Waals surface area contributed by atoms with E-state index in [0.717, 1.165) is 41.7 Å². The average Bonchev–Trinajstić information content (AvgIpc) is 2.61. The van der Waals surface area contributed by atoms with Crippen molar-refractivity contribution in [3.8, 4) is 17.1 Å². The van der Waals surface area contributed by atoms with Crippen LogP contribution in [0.15, 0.2) is 48.7 Å². The van der Waals surface area contributed by atoms with Gasteiger partial charge < -0.3 is 15.0 Å². The van der Waals surface area contributed by atoms with Crippen LogP contribution in [0.3, 0.4) is 0 Å². The lowest BCUT2D eigenvalue weighted by atomic mass is 10.2. The van der Waals surface area contributed by atoms with E-state index in [1.165, 1.54) is 0 Å².